The van der Waals surface area contributed by atoms with Crippen molar-refractivity contribution in [1.82, 2.24) is 4.72 Å². The summed E-state index contributed by atoms with van der Waals surface area (Å²) in [7, 11) is -3.62. The lowest BCUT2D eigenvalue weighted by atomic mass is 9.99. The van der Waals surface area contributed by atoms with Crippen LogP contribution < -0.4 is 10.5 Å². The van der Waals surface area contributed by atoms with E-state index in [1.54, 1.807) is 12.1 Å². The predicted molar refractivity (Wildman–Crippen MR) is 84.3 cm³/mol. The predicted octanol–water partition coefficient (Wildman–Crippen LogP) is 2.90. The van der Waals surface area contributed by atoms with Gasteiger partial charge >= 0.3 is 0 Å². The summed E-state index contributed by atoms with van der Waals surface area (Å²) in [5.41, 5.74) is 5.74. The number of rotatable bonds is 5. The molecule has 0 saturated heterocycles. The van der Waals surface area contributed by atoms with Gasteiger partial charge < -0.3 is 5.73 Å². The minimum absolute atomic E-state index is 0.154. The molecular weight excluding hydrogens is 364 g/mol. The quantitative estimate of drug-likeness (QED) is 0.823. The largest absolute Gasteiger partial charge is 0.329 e. The van der Waals surface area contributed by atoms with Crippen molar-refractivity contribution in [2.75, 3.05) is 6.54 Å². The highest BCUT2D eigenvalue weighted by molar-refractivity contribution is 9.10. The zero-order valence-corrected chi connectivity index (χ0v) is 14.1. The van der Waals surface area contributed by atoms with E-state index < -0.39 is 10.0 Å². The first kappa shape index (κ1) is 16.2. The summed E-state index contributed by atoms with van der Waals surface area (Å²) in [6.07, 6.45) is 4.34. The van der Waals surface area contributed by atoms with Crippen molar-refractivity contribution in [3.63, 3.8) is 0 Å². The Hall–Kier alpha value is -0.140. The van der Waals surface area contributed by atoms with Gasteiger partial charge in [0.05, 0.1) is 14.4 Å². The van der Waals surface area contributed by atoms with Crippen molar-refractivity contribution in [3.8, 4) is 0 Å². The number of nitrogens with one attached hydrogen (secondary N) is 1. The van der Waals surface area contributed by atoms with Crippen LogP contribution in [0.1, 0.15) is 25.7 Å². The molecule has 1 unspecified atom stereocenters. The van der Waals surface area contributed by atoms with Crippen molar-refractivity contribution in [2.24, 2.45) is 11.7 Å². The molecule has 1 fully saturated rings. The zero-order valence-electron chi connectivity index (χ0n) is 11.0. The lowest BCUT2D eigenvalue weighted by Crippen LogP contribution is -2.44. The lowest BCUT2D eigenvalue weighted by Gasteiger charge is -2.23. The van der Waals surface area contributed by atoms with Crippen LogP contribution in [0.2, 0.25) is 5.02 Å². The second-order valence-corrected chi connectivity index (χ2v) is 7.94. The molecule has 1 aromatic rings. The second-order valence-electron chi connectivity index (χ2n) is 5.06. The third-order valence-corrected chi connectivity index (χ3v) is 6.93. The smallest absolute Gasteiger partial charge is 0.242 e. The van der Waals surface area contributed by atoms with Gasteiger partial charge in [0.2, 0.25) is 10.0 Å². The minimum atomic E-state index is -3.62. The highest BCUT2D eigenvalue weighted by atomic mass is 79.9. The van der Waals surface area contributed by atoms with E-state index in [0.29, 0.717) is 22.0 Å². The maximum atomic E-state index is 12.5. The topological polar surface area (TPSA) is 72.2 Å². The third kappa shape index (κ3) is 3.54. The molecule has 0 bridgehead atoms. The Balaban J connectivity index is 2.23. The average molecular weight is 382 g/mol. The van der Waals surface area contributed by atoms with Crippen molar-refractivity contribution in [2.45, 2.75) is 36.6 Å². The average Bonchev–Trinajstić information content (AvgIpc) is 2.93. The zero-order chi connectivity index (χ0) is 14.8. The molecule has 7 heteroatoms. The monoisotopic (exact) mass is 380 g/mol. The molecule has 112 valence electrons. The summed E-state index contributed by atoms with van der Waals surface area (Å²) >= 11 is 9.18. The highest BCUT2D eigenvalue weighted by Gasteiger charge is 2.29. The number of hydrogen-bond donors (Lipinski definition) is 2. The van der Waals surface area contributed by atoms with Crippen LogP contribution in [0.4, 0.5) is 0 Å². The van der Waals surface area contributed by atoms with Crippen LogP contribution in [0.15, 0.2) is 27.6 Å². The standard InChI is InChI=1S/C13H18BrClN2O2S/c14-13-10(15)6-3-7-12(13)20(18,19)17-11(8-16)9-4-1-2-5-9/h3,6-7,9,11,17H,1-2,4-5,8,16H2. The Morgan fingerprint density at radius 3 is 2.65 bits per heavy atom. The summed E-state index contributed by atoms with van der Waals surface area (Å²) in [4.78, 5) is 0.154. The number of nitrogens with two attached hydrogens (primary N) is 1. The molecule has 0 aliphatic heterocycles. The fourth-order valence-corrected chi connectivity index (χ4v) is 5.20. The Morgan fingerprint density at radius 2 is 2.05 bits per heavy atom. The van der Waals surface area contributed by atoms with Crippen LogP contribution in [-0.4, -0.2) is 21.0 Å². The first-order chi connectivity index (χ1) is 9.45. The summed E-state index contributed by atoms with van der Waals surface area (Å²) < 4.78 is 28.1. The van der Waals surface area contributed by atoms with Gasteiger partial charge in [0.25, 0.3) is 0 Å². The van der Waals surface area contributed by atoms with Crippen LogP contribution >= 0.6 is 27.5 Å². The molecule has 1 saturated carbocycles. The normalized spacial score (nSPS) is 18.4. The van der Waals surface area contributed by atoms with Crippen LogP contribution in [0.5, 0.6) is 0 Å². The Morgan fingerprint density at radius 1 is 1.40 bits per heavy atom. The van der Waals surface area contributed by atoms with Crippen LogP contribution in [0, 0.1) is 5.92 Å². The molecule has 0 spiro atoms. The number of sulfonamides is 1. The molecule has 0 amide bonds. The molecule has 1 atom stereocenters. The second kappa shape index (κ2) is 6.75. The van der Waals surface area contributed by atoms with Gasteiger partial charge in [0.15, 0.2) is 0 Å². The highest BCUT2D eigenvalue weighted by Crippen LogP contribution is 2.31. The fourth-order valence-electron chi connectivity index (χ4n) is 2.65. The molecule has 0 aromatic heterocycles. The molecular formula is C13H18BrClN2O2S. The summed E-state index contributed by atoms with van der Waals surface area (Å²) in [6.45, 7) is 0.308. The van der Waals surface area contributed by atoms with Gasteiger partial charge in [0.1, 0.15) is 0 Å². The molecule has 1 aliphatic carbocycles. The van der Waals surface area contributed by atoms with E-state index in [4.69, 9.17) is 17.3 Å². The van der Waals surface area contributed by atoms with E-state index in [1.807, 2.05) is 0 Å². The molecule has 3 N–H and O–H groups in total. The van der Waals surface area contributed by atoms with E-state index in [0.717, 1.165) is 25.7 Å². The molecule has 0 heterocycles. The number of hydrogen-bond acceptors (Lipinski definition) is 3. The summed E-state index contributed by atoms with van der Waals surface area (Å²) in [5, 5.41) is 0.373. The van der Waals surface area contributed by atoms with E-state index in [1.165, 1.54) is 6.07 Å². The van der Waals surface area contributed by atoms with Gasteiger partial charge in [-0.1, -0.05) is 30.5 Å². The summed E-state index contributed by atoms with van der Waals surface area (Å²) in [6, 6.07) is 4.57. The van der Waals surface area contributed by atoms with Crippen molar-refractivity contribution < 1.29 is 8.42 Å². The Kier molecular flexibility index (Phi) is 5.48. The van der Waals surface area contributed by atoms with Gasteiger partial charge in [-0.05, 0) is 46.8 Å². The number of benzene rings is 1. The number of halogens is 2. The van der Waals surface area contributed by atoms with E-state index in [-0.39, 0.29) is 10.9 Å². The minimum Gasteiger partial charge on any atom is -0.329 e. The van der Waals surface area contributed by atoms with Crippen LogP contribution in [0.3, 0.4) is 0 Å². The van der Waals surface area contributed by atoms with E-state index >= 15 is 0 Å². The third-order valence-electron chi connectivity index (χ3n) is 3.74. The lowest BCUT2D eigenvalue weighted by molar-refractivity contribution is 0.405. The van der Waals surface area contributed by atoms with Crippen molar-refractivity contribution in [3.05, 3.63) is 27.7 Å². The molecule has 0 radical (unpaired) electrons. The van der Waals surface area contributed by atoms with Gasteiger partial charge in [-0.15, -0.1) is 0 Å². The summed E-state index contributed by atoms with van der Waals surface area (Å²) in [5.74, 6) is 0.327. The molecule has 2 rings (SSSR count). The van der Waals surface area contributed by atoms with Crippen molar-refractivity contribution >= 4 is 37.6 Å². The van der Waals surface area contributed by atoms with Gasteiger partial charge in [-0.2, -0.15) is 0 Å². The Bertz CT molecular complexity index is 574. The van der Waals surface area contributed by atoms with Gasteiger partial charge in [-0.3, -0.25) is 0 Å². The fraction of sp³-hybridized carbons (Fsp3) is 0.538. The van der Waals surface area contributed by atoms with Gasteiger partial charge in [-0.25, -0.2) is 13.1 Å². The Labute approximate surface area is 133 Å². The van der Waals surface area contributed by atoms with Crippen LogP contribution in [-0.2, 0) is 10.0 Å². The van der Waals surface area contributed by atoms with Gasteiger partial charge in [0, 0.05) is 12.6 Å². The molecule has 4 nitrogen and oxygen atoms in total. The van der Waals surface area contributed by atoms with Crippen molar-refractivity contribution in [1.29, 1.82) is 0 Å². The molecule has 20 heavy (non-hydrogen) atoms. The first-order valence-electron chi connectivity index (χ1n) is 6.62. The first-order valence-corrected chi connectivity index (χ1v) is 9.27. The SMILES string of the molecule is NCC(NS(=O)(=O)c1cccc(Cl)c1Br)C1CCCC1. The maximum Gasteiger partial charge on any atom is 0.242 e. The molecule has 1 aliphatic rings. The van der Waals surface area contributed by atoms with E-state index in [2.05, 4.69) is 20.7 Å². The maximum absolute atomic E-state index is 12.5. The van der Waals surface area contributed by atoms with Crippen LogP contribution in [0.25, 0.3) is 0 Å². The molecule has 1 aromatic carbocycles. The van der Waals surface area contributed by atoms with E-state index in [9.17, 15) is 8.42 Å².